The van der Waals surface area contributed by atoms with Crippen LogP contribution < -0.4 is 5.32 Å². The number of rotatable bonds is 7. The Balaban J connectivity index is 1.76. The Kier molecular flexibility index (Phi) is 5.84. The Morgan fingerprint density at radius 2 is 1.90 bits per heavy atom. The van der Waals surface area contributed by atoms with Crippen molar-refractivity contribution >= 4 is 10.0 Å². The van der Waals surface area contributed by atoms with Gasteiger partial charge in [0.25, 0.3) is 0 Å². The second-order valence-electron chi connectivity index (χ2n) is 5.59. The van der Waals surface area contributed by atoms with Gasteiger partial charge in [0.1, 0.15) is 11.5 Å². The van der Waals surface area contributed by atoms with E-state index in [1.54, 1.807) is 4.31 Å². The molecule has 21 heavy (non-hydrogen) atoms. The molecule has 1 saturated heterocycles. The topological polar surface area (TPSA) is 62.6 Å². The Morgan fingerprint density at radius 1 is 1.24 bits per heavy atom. The summed E-state index contributed by atoms with van der Waals surface area (Å²) in [5, 5.41) is 3.46. The van der Waals surface area contributed by atoms with E-state index < -0.39 is 10.0 Å². The molecule has 0 saturated carbocycles. The third-order valence-electron chi connectivity index (χ3n) is 3.94. The highest BCUT2D eigenvalue weighted by Gasteiger charge is 2.27. The number of hydrogen-bond donors (Lipinski definition) is 1. The fourth-order valence-corrected chi connectivity index (χ4v) is 4.22. The van der Waals surface area contributed by atoms with Gasteiger partial charge in [-0.25, -0.2) is 12.7 Å². The summed E-state index contributed by atoms with van der Waals surface area (Å²) in [6.07, 6.45) is 3.32. The maximum atomic E-state index is 12.0. The van der Waals surface area contributed by atoms with Gasteiger partial charge in [-0.3, -0.25) is 0 Å². The quantitative estimate of drug-likeness (QED) is 0.837. The molecule has 0 amide bonds. The van der Waals surface area contributed by atoms with E-state index in [0.29, 0.717) is 32.1 Å². The predicted molar refractivity (Wildman–Crippen MR) is 83.6 cm³/mol. The van der Waals surface area contributed by atoms with Gasteiger partial charge in [-0.2, -0.15) is 0 Å². The number of hydrogen-bond acceptors (Lipinski definition) is 4. The second kappa shape index (κ2) is 7.42. The van der Waals surface area contributed by atoms with Crippen LogP contribution in [0.2, 0.25) is 0 Å². The molecule has 5 nitrogen and oxygen atoms in total. The third kappa shape index (κ3) is 4.56. The van der Waals surface area contributed by atoms with Gasteiger partial charge in [-0.05, 0) is 31.4 Å². The monoisotopic (exact) mass is 314 g/mol. The van der Waals surface area contributed by atoms with Crippen LogP contribution in [-0.2, 0) is 23.0 Å². The maximum Gasteiger partial charge on any atom is 0.214 e. The number of nitrogens with one attached hydrogen (secondary N) is 1. The highest BCUT2D eigenvalue weighted by molar-refractivity contribution is 7.89. The van der Waals surface area contributed by atoms with Gasteiger partial charge in [0, 0.05) is 25.6 Å². The van der Waals surface area contributed by atoms with Crippen LogP contribution in [0.1, 0.15) is 44.6 Å². The zero-order valence-corrected chi connectivity index (χ0v) is 13.8. The lowest BCUT2D eigenvalue weighted by Crippen LogP contribution is -2.45. The lowest BCUT2D eigenvalue weighted by molar-refractivity contribution is 0.283. The first-order valence-electron chi connectivity index (χ1n) is 7.84. The molecule has 6 heteroatoms. The average molecular weight is 314 g/mol. The Labute approximate surface area is 127 Å². The van der Waals surface area contributed by atoms with E-state index in [2.05, 4.69) is 12.2 Å². The van der Waals surface area contributed by atoms with E-state index in [-0.39, 0.29) is 5.75 Å². The molecule has 2 rings (SSSR count). The van der Waals surface area contributed by atoms with Crippen LogP contribution in [0.4, 0.5) is 0 Å². The molecular weight excluding hydrogens is 288 g/mol. The molecule has 1 aliphatic heterocycles. The molecule has 0 aliphatic carbocycles. The van der Waals surface area contributed by atoms with Gasteiger partial charge in [-0.1, -0.05) is 13.8 Å². The zero-order valence-electron chi connectivity index (χ0n) is 13.0. The van der Waals surface area contributed by atoms with Crippen molar-refractivity contribution < 1.29 is 12.8 Å². The molecule has 1 aliphatic rings. The number of furan rings is 1. The normalized spacial score (nSPS) is 18.2. The average Bonchev–Trinajstić information content (AvgIpc) is 2.93. The van der Waals surface area contributed by atoms with E-state index in [1.807, 2.05) is 19.1 Å². The van der Waals surface area contributed by atoms with Gasteiger partial charge < -0.3 is 9.73 Å². The van der Waals surface area contributed by atoms with E-state index in [9.17, 15) is 8.42 Å². The van der Waals surface area contributed by atoms with Crippen LogP contribution >= 0.6 is 0 Å². The fraction of sp³-hybridized carbons (Fsp3) is 0.733. The summed E-state index contributed by atoms with van der Waals surface area (Å²) < 4.78 is 31.3. The summed E-state index contributed by atoms with van der Waals surface area (Å²) in [7, 11) is -3.04. The Bertz CT molecular complexity index is 531. The third-order valence-corrected chi connectivity index (χ3v) is 6.02. The zero-order chi connectivity index (χ0) is 15.3. The summed E-state index contributed by atoms with van der Waals surface area (Å²) >= 11 is 0. The number of aryl methyl sites for hydroxylation is 1. The van der Waals surface area contributed by atoms with Crippen LogP contribution in [0.15, 0.2) is 16.5 Å². The molecule has 0 bridgehead atoms. The largest absolute Gasteiger partial charge is 0.465 e. The van der Waals surface area contributed by atoms with Gasteiger partial charge in [-0.15, -0.1) is 0 Å². The molecule has 0 spiro atoms. The highest BCUT2D eigenvalue weighted by Crippen LogP contribution is 2.16. The lowest BCUT2D eigenvalue weighted by Gasteiger charge is -2.31. The van der Waals surface area contributed by atoms with E-state index >= 15 is 0 Å². The van der Waals surface area contributed by atoms with Crippen LogP contribution in [0.25, 0.3) is 0 Å². The van der Waals surface area contributed by atoms with Crippen molar-refractivity contribution in [3.05, 3.63) is 23.7 Å². The first kappa shape index (κ1) is 16.5. The van der Waals surface area contributed by atoms with Crippen molar-refractivity contribution in [2.24, 2.45) is 0 Å². The van der Waals surface area contributed by atoms with Gasteiger partial charge >= 0.3 is 0 Å². The van der Waals surface area contributed by atoms with Gasteiger partial charge in [0.2, 0.25) is 10.0 Å². The Morgan fingerprint density at radius 3 is 2.48 bits per heavy atom. The molecule has 120 valence electrons. The fourth-order valence-electron chi connectivity index (χ4n) is 2.68. The standard InChI is InChI=1S/C15H26N2O3S/c1-3-11-21(18,19)17-9-7-13(8-10-17)16-12-15-6-5-14(4-2)20-15/h5-6,13,16H,3-4,7-12H2,1-2H3. The number of nitrogens with zero attached hydrogens (tertiary/aromatic N) is 1. The van der Waals surface area contributed by atoms with Crippen LogP contribution in [-0.4, -0.2) is 37.6 Å². The van der Waals surface area contributed by atoms with Gasteiger partial charge in [0.05, 0.1) is 12.3 Å². The SMILES string of the molecule is CCCS(=O)(=O)N1CCC(NCc2ccc(CC)o2)CC1. The van der Waals surface area contributed by atoms with Crippen molar-refractivity contribution in [1.82, 2.24) is 9.62 Å². The van der Waals surface area contributed by atoms with Crippen molar-refractivity contribution in [3.63, 3.8) is 0 Å². The smallest absolute Gasteiger partial charge is 0.214 e. The molecular formula is C15H26N2O3S. The molecule has 1 aromatic rings. The molecule has 0 radical (unpaired) electrons. The van der Waals surface area contributed by atoms with Crippen LogP contribution in [0, 0.1) is 0 Å². The summed E-state index contributed by atoms with van der Waals surface area (Å²) in [4.78, 5) is 0. The van der Waals surface area contributed by atoms with Crippen molar-refractivity contribution in [2.45, 2.75) is 52.1 Å². The molecule has 0 aromatic carbocycles. The van der Waals surface area contributed by atoms with E-state index in [1.165, 1.54) is 0 Å². The first-order valence-corrected chi connectivity index (χ1v) is 9.45. The molecule has 0 unspecified atom stereocenters. The second-order valence-corrected chi connectivity index (χ2v) is 7.68. The van der Waals surface area contributed by atoms with Crippen molar-refractivity contribution in [2.75, 3.05) is 18.8 Å². The van der Waals surface area contributed by atoms with Crippen LogP contribution in [0.5, 0.6) is 0 Å². The molecule has 1 fully saturated rings. The molecule has 2 heterocycles. The molecule has 1 N–H and O–H groups in total. The minimum Gasteiger partial charge on any atom is -0.465 e. The number of sulfonamides is 1. The number of piperidine rings is 1. The summed E-state index contributed by atoms with van der Waals surface area (Å²) in [6, 6.07) is 4.39. The van der Waals surface area contributed by atoms with Crippen molar-refractivity contribution in [3.8, 4) is 0 Å². The van der Waals surface area contributed by atoms with E-state index in [0.717, 1.165) is 30.8 Å². The van der Waals surface area contributed by atoms with Gasteiger partial charge in [0.15, 0.2) is 0 Å². The van der Waals surface area contributed by atoms with E-state index in [4.69, 9.17) is 4.42 Å². The minimum atomic E-state index is -3.04. The molecule has 1 aromatic heterocycles. The summed E-state index contributed by atoms with van der Waals surface area (Å²) in [6.45, 7) is 5.94. The maximum absolute atomic E-state index is 12.0. The first-order chi connectivity index (χ1) is 10.0. The highest BCUT2D eigenvalue weighted by atomic mass is 32.2. The Hall–Kier alpha value is -0.850. The predicted octanol–water partition coefficient (Wildman–Crippen LogP) is 2.14. The van der Waals surface area contributed by atoms with Crippen molar-refractivity contribution in [1.29, 1.82) is 0 Å². The van der Waals surface area contributed by atoms with Crippen LogP contribution in [0.3, 0.4) is 0 Å². The molecule has 0 atom stereocenters. The minimum absolute atomic E-state index is 0.261. The summed E-state index contributed by atoms with van der Waals surface area (Å²) in [5.41, 5.74) is 0. The lowest BCUT2D eigenvalue weighted by atomic mass is 10.1. The summed E-state index contributed by atoms with van der Waals surface area (Å²) in [5.74, 6) is 2.22.